The van der Waals surface area contributed by atoms with Gasteiger partial charge in [0.25, 0.3) is 0 Å². The zero-order valence-corrected chi connectivity index (χ0v) is 11.1. The Bertz CT molecular complexity index is 290. The summed E-state index contributed by atoms with van der Waals surface area (Å²) in [6, 6.07) is 2.40. The quantitative estimate of drug-likeness (QED) is 0.697. The van der Waals surface area contributed by atoms with Gasteiger partial charge in [0.1, 0.15) is 0 Å². The zero-order valence-electron chi connectivity index (χ0n) is 11.1. The van der Waals surface area contributed by atoms with Gasteiger partial charge in [0.2, 0.25) is 0 Å². The zero-order chi connectivity index (χ0) is 11.9. The SMILES string of the molecule is CCC(CC#N)CC12CC3CC(CC(C3)C1)C2. The van der Waals surface area contributed by atoms with Crippen LogP contribution in [-0.4, -0.2) is 0 Å². The third kappa shape index (κ3) is 2.12. The van der Waals surface area contributed by atoms with E-state index in [-0.39, 0.29) is 0 Å². The highest BCUT2D eigenvalue weighted by Crippen LogP contribution is 2.62. The Morgan fingerprint density at radius 2 is 1.65 bits per heavy atom. The largest absolute Gasteiger partial charge is 0.198 e. The fourth-order valence-electron chi connectivity index (χ4n) is 5.64. The van der Waals surface area contributed by atoms with E-state index in [1.54, 1.807) is 0 Å². The van der Waals surface area contributed by atoms with E-state index in [0.717, 1.165) is 24.2 Å². The van der Waals surface area contributed by atoms with Crippen molar-refractivity contribution in [2.45, 2.75) is 64.7 Å². The Morgan fingerprint density at radius 1 is 1.12 bits per heavy atom. The molecular weight excluding hydrogens is 206 g/mol. The average Bonchev–Trinajstić information content (AvgIpc) is 2.26. The molecule has 4 aliphatic carbocycles. The van der Waals surface area contributed by atoms with Crippen LogP contribution in [0.25, 0.3) is 0 Å². The van der Waals surface area contributed by atoms with Gasteiger partial charge in [0.15, 0.2) is 0 Å². The molecule has 0 saturated heterocycles. The van der Waals surface area contributed by atoms with E-state index in [9.17, 15) is 0 Å². The predicted molar refractivity (Wildman–Crippen MR) is 69.2 cm³/mol. The Hall–Kier alpha value is -0.510. The van der Waals surface area contributed by atoms with Crippen LogP contribution >= 0.6 is 0 Å². The molecule has 1 nitrogen and oxygen atoms in total. The van der Waals surface area contributed by atoms with Gasteiger partial charge < -0.3 is 0 Å². The third-order valence-corrected chi connectivity index (χ3v) is 5.84. The molecule has 0 aromatic heterocycles. The lowest BCUT2D eigenvalue weighted by molar-refractivity contribution is -0.0653. The van der Waals surface area contributed by atoms with Gasteiger partial charge in [-0.25, -0.2) is 0 Å². The van der Waals surface area contributed by atoms with Crippen LogP contribution in [0.1, 0.15) is 64.7 Å². The Labute approximate surface area is 106 Å². The summed E-state index contributed by atoms with van der Waals surface area (Å²) in [6.07, 6.45) is 12.5. The van der Waals surface area contributed by atoms with Crippen LogP contribution in [-0.2, 0) is 0 Å². The molecule has 0 aromatic carbocycles. The minimum atomic E-state index is 0.673. The molecule has 4 bridgehead atoms. The molecule has 4 saturated carbocycles. The maximum Gasteiger partial charge on any atom is 0.0624 e. The lowest BCUT2D eigenvalue weighted by Crippen LogP contribution is -2.46. The third-order valence-electron chi connectivity index (χ3n) is 5.84. The summed E-state index contributed by atoms with van der Waals surface area (Å²) < 4.78 is 0. The number of nitriles is 1. The van der Waals surface area contributed by atoms with Crippen LogP contribution in [0.5, 0.6) is 0 Å². The predicted octanol–water partition coefficient (Wildman–Crippen LogP) is 4.53. The van der Waals surface area contributed by atoms with Crippen molar-refractivity contribution in [3.63, 3.8) is 0 Å². The van der Waals surface area contributed by atoms with E-state index >= 15 is 0 Å². The molecule has 0 spiro atoms. The molecule has 17 heavy (non-hydrogen) atoms. The second-order valence-electron chi connectivity index (χ2n) is 7.26. The Balaban J connectivity index is 1.71. The van der Waals surface area contributed by atoms with Crippen molar-refractivity contribution in [1.29, 1.82) is 5.26 Å². The van der Waals surface area contributed by atoms with E-state index in [1.165, 1.54) is 51.4 Å². The molecule has 4 rings (SSSR count). The van der Waals surface area contributed by atoms with E-state index in [0.29, 0.717) is 11.3 Å². The molecular formula is C16H25N. The van der Waals surface area contributed by atoms with Gasteiger partial charge in [-0.2, -0.15) is 5.26 Å². The van der Waals surface area contributed by atoms with E-state index in [4.69, 9.17) is 5.26 Å². The second-order valence-corrected chi connectivity index (χ2v) is 7.26. The highest BCUT2D eigenvalue weighted by Gasteiger charge is 2.50. The van der Waals surface area contributed by atoms with Crippen LogP contribution < -0.4 is 0 Å². The molecule has 1 atom stereocenters. The molecule has 0 radical (unpaired) electrons. The van der Waals surface area contributed by atoms with Crippen molar-refractivity contribution >= 4 is 0 Å². The summed E-state index contributed by atoms with van der Waals surface area (Å²) >= 11 is 0. The smallest absolute Gasteiger partial charge is 0.0624 e. The molecule has 0 heterocycles. The van der Waals surface area contributed by atoms with Crippen molar-refractivity contribution in [3.05, 3.63) is 0 Å². The average molecular weight is 231 g/mol. The van der Waals surface area contributed by atoms with Crippen LogP contribution in [0.3, 0.4) is 0 Å². The molecule has 4 aliphatic rings. The van der Waals surface area contributed by atoms with Crippen LogP contribution in [0.4, 0.5) is 0 Å². The first-order chi connectivity index (χ1) is 8.23. The maximum atomic E-state index is 8.93. The monoisotopic (exact) mass is 231 g/mol. The highest BCUT2D eigenvalue weighted by atomic mass is 14.6. The van der Waals surface area contributed by atoms with Crippen molar-refractivity contribution in [3.8, 4) is 6.07 Å². The van der Waals surface area contributed by atoms with Gasteiger partial charge in [-0.3, -0.25) is 0 Å². The number of hydrogen-bond donors (Lipinski definition) is 0. The standard InChI is InChI=1S/C16H25N/c1-2-12(3-4-17)8-16-9-13-5-14(10-16)7-15(6-13)11-16/h12-15H,2-3,5-11H2,1H3. The number of hydrogen-bond acceptors (Lipinski definition) is 1. The van der Waals surface area contributed by atoms with E-state index in [1.807, 2.05) is 0 Å². The normalized spacial score (nSPS) is 44.6. The van der Waals surface area contributed by atoms with E-state index in [2.05, 4.69) is 13.0 Å². The number of nitrogens with zero attached hydrogens (tertiary/aromatic N) is 1. The lowest BCUT2D eigenvalue weighted by Gasteiger charge is -2.57. The summed E-state index contributed by atoms with van der Waals surface area (Å²) in [7, 11) is 0. The van der Waals surface area contributed by atoms with Crippen molar-refractivity contribution < 1.29 is 0 Å². The summed E-state index contributed by atoms with van der Waals surface area (Å²) in [6.45, 7) is 2.27. The van der Waals surface area contributed by atoms with Gasteiger partial charge in [-0.15, -0.1) is 0 Å². The van der Waals surface area contributed by atoms with Crippen LogP contribution in [0.2, 0.25) is 0 Å². The fourth-order valence-corrected chi connectivity index (χ4v) is 5.64. The second kappa shape index (κ2) is 4.30. The molecule has 0 N–H and O–H groups in total. The van der Waals surface area contributed by atoms with Gasteiger partial charge in [-0.1, -0.05) is 13.3 Å². The van der Waals surface area contributed by atoms with Gasteiger partial charge >= 0.3 is 0 Å². The minimum Gasteiger partial charge on any atom is -0.198 e. The summed E-state index contributed by atoms with van der Waals surface area (Å²) in [5.41, 5.74) is 0.673. The first-order valence-corrected chi connectivity index (χ1v) is 7.60. The highest BCUT2D eigenvalue weighted by molar-refractivity contribution is 5.02. The van der Waals surface area contributed by atoms with Crippen molar-refractivity contribution in [2.75, 3.05) is 0 Å². The first kappa shape index (κ1) is 11.6. The van der Waals surface area contributed by atoms with Gasteiger partial charge in [0, 0.05) is 6.42 Å². The molecule has 1 unspecified atom stereocenters. The molecule has 4 fully saturated rings. The fraction of sp³-hybridized carbons (Fsp3) is 0.938. The summed E-state index contributed by atoms with van der Waals surface area (Å²) in [5.74, 6) is 3.85. The first-order valence-electron chi connectivity index (χ1n) is 7.60. The number of rotatable bonds is 4. The Kier molecular flexibility index (Phi) is 2.93. The maximum absolute atomic E-state index is 8.93. The van der Waals surface area contributed by atoms with Crippen molar-refractivity contribution in [2.24, 2.45) is 29.1 Å². The summed E-state index contributed by atoms with van der Waals surface area (Å²) in [4.78, 5) is 0. The van der Waals surface area contributed by atoms with Gasteiger partial charge in [0.05, 0.1) is 6.07 Å². The lowest BCUT2D eigenvalue weighted by atomic mass is 9.48. The summed E-state index contributed by atoms with van der Waals surface area (Å²) in [5, 5.41) is 8.93. The Morgan fingerprint density at radius 3 is 2.06 bits per heavy atom. The molecule has 0 aliphatic heterocycles. The van der Waals surface area contributed by atoms with E-state index < -0.39 is 0 Å². The molecule has 94 valence electrons. The minimum absolute atomic E-state index is 0.673. The topological polar surface area (TPSA) is 23.8 Å². The molecule has 1 heteroatoms. The van der Waals surface area contributed by atoms with Crippen LogP contribution in [0.15, 0.2) is 0 Å². The molecule has 0 aromatic rings. The molecule has 0 amide bonds. The van der Waals surface area contributed by atoms with Crippen LogP contribution in [0, 0.1) is 40.4 Å². The van der Waals surface area contributed by atoms with Crippen molar-refractivity contribution in [1.82, 2.24) is 0 Å². The van der Waals surface area contributed by atoms with Gasteiger partial charge in [-0.05, 0) is 74.0 Å².